The van der Waals surface area contributed by atoms with Crippen molar-refractivity contribution in [3.8, 4) is 0 Å². The van der Waals surface area contributed by atoms with E-state index in [9.17, 15) is 43.2 Å². The SMILES string of the molecule is CCCCCCCCCCCCCCCCCCCCCCCCC(=O)O[C@H](COC(=O)CCCCCCCCCCCCCCCCCCCCCC)COP(=O)(O)OC[C@@H](O)COP(=O)(O)OC[C@@H](COC(=O)CCCCCCCCC(C)CC)OC(=O)CCCCCCCCCCCCC(C)C. The lowest BCUT2D eigenvalue weighted by atomic mass is 10.00. The summed E-state index contributed by atoms with van der Waals surface area (Å²) >= 11 is 0. The maximum Gasteiger partial charge on any atom is 0.472 e. The average molecular weight is 1540 g/mol. The Balaban J connectivity index is 5.21. The van der Waals surface area contributed by atoms with E-state index >= 15 is 0 Å². The molecule has 0 rings (SSSR count). The maximum atomic E-state index is 13.1. The molecule has 0 fully saturated rings. The summed E-state index contributed by atoms with van der Waals surface area (Å²) < 4.78 is 68.8. The number of phosphoric ester groups is 2. The number of phosphoric acid groups is 2. The Bertz CT molecular complexity index is 2010. The molecule has 0 aromatic rings. The molecule has 0 saturated carbocycles. The molecule has 6 atom stereocenters. The molecule has 0 heterocycles. The molecule has 0 aromatic carbocycles. The first kappa shape index (κ1) is 103. The normalized spacial score (nSPS) is 14.1. The van der Waals surface area contributed by atoms with E-state index in [2.05, 4.69) is 41.5 Å². The monoisotopic (exact) mass is 1540 g/mol. The first-order chi connectivity index (χ1) is 50.9. The molecule has 624 valence electrons. The third-order valence-corrected chi connectivity index (χ3v) is 22.5. The standard InChI is InChI=1S/C86H168O17P2/c1-7-10-12-14-16-18-20-22-24-26-28-30-31-33-35-37-39-41-46-50-58-64-70-85(90)102-81(74-96-83(88)68-62-56-49-45-40-38-36-34-32-29-27-25-23-21-19-17-15-13-11-8-2)76-100-104(92,93)98-72-80(87)73-99-105(94,95)101-77-82(75-97-84(89)69-63-57-53-52-55-61-67-79(6)9-3)103-86(91)71-65-59-51-47-43-42-44-48-54-60-66-78(4)5/h78-82,87H,7-77H2,1-6H3,(H,92,93)(H,94,95)/t79?,80-,81-,82-/m1/s1. The first-order valence-electron chi connectivity index (χ1n) is 44.5. The molecule has 0 aliphatic carbocycles. The number of ether oxygens (including phenoxy) is 4. The second-order valence-electron chi connectivity index (χ2n) is 31.6. The predicted octanol–water partition coefficient (Wildman–Crippen LogP) is 26.2. The minimum absolute atomic E-state index is 0.105. The van der Waals surface area contributed by atoms with Gasteiger partial charge in [-0.1, -0.05) is 408 Å². The minimum atomic E-state index is -4.97. The number of aliphatic hydroxyl groups is 1. The molecule has 19 heteroatoms. The molecule has 0 aliphatic heterocycles. The predicted molar refractivity (Wildman–Crippen MR) is 432 cm³/mol. The van der Waals surface area contributed by atoms with Crippen molar-refractivity contribution in [3.63, 3.8) is 0 Å². The van der Waals surface area contributed by atoms with Crippen LogP contribution < -0.4 is 0 Å². The number of unbranched alkanes of at least 4 members (excludes halogenated alkanes) is 54. The van der Waals surface area contributed by atoms with Gasteiger partial charge in [0.2, 0.25) is 0 Å². The van der Waals surface area contributed by atoms with Gasteiger partial charge in [-0.05, 0) is 37.5 Å². The highest BCUT2D eigenvalue weighted by molar-refractivity contribution is 7.47. The molecule has 0 aromatic heterocycles. The Morgan fingerprint density at radius 3 is 0.724 bits per heavy atom. The zero-order valence-corrected chi connectivity index (χ0v) is 70.8. The van der Waals surface area contributed by atoms with Crippen molar-refractivity contribution < 1.29 is 80.2 Å². The van der Waals surface area contributed by atoms with Crippen molar-refractivity contribution in [2.45, 2.75) is 477 Å². The molecule has 3 unspecified atom stereocenters. The lowest BCUT2D eigenvalue weighted by Crippen LogP contribution is -2.30. The molecular formula is C86H168O17P2. The van der Waals surface area contributed by atoms with Gasteiger partial charge in [-0.3, -0.25) is 37.3 Å². The van der Waals surface area contributed by atoms with Gasteiger partial charge >= 0.3 is 39.5 Å². The summed E-state index contributed by atoms with van der Waals surface area (Å²) in [5.41, 5.74) is 0. The lowest BCUT2D eigenvalue weighted by Gasteiger charge is -2.21. The van der Waals surface area contributed by atoms with Gasteiger partial charge in [0.15, 0.2) is 12.2 Å². The second-order valence-corrected chi connectivity index (χ2v) is 34.6. The Morgan fingerprint density at radius 2 is 0.486 bits per heavy atom. The number of hydrogen-bond acceptors (Lipinski definition) is 15. The van der Waals surface area contributed by atoms with Crippen LogP contribution in [0.5, 0.6) is 0 Å². The van der Waals surface area contributed by atoms with E-state index in [1.807, 2.05) is 0 Å². The average Bonchev–Trinajstić information content (AvgIpc) is 0.907. The van der Waals surface area contributed by atoms with Gasteiger partial charge in [0.1, 0.15) is 19.3 Å². The number of carbonyl (C=O) groups excluding carboxylic acids is 4. The van der Waals surface area contributed by atoms with Gasteiger partial charge in [-0.2, -0.15) is 0 Å². The van der Waals surface area contributed by atoms with E-state index in [1.54, 1.807) is 0 Å². The van der Waals surface area contributed by atoms with Crippen LogP contribution in [-0.2, 0) is 65.4 Å². The fraction of sp³-hybridized carbons (Fsp3) is 0.953. The lowest BCUT2D eigenvalue weighted by molar-refractivity contribution is -0.161. The van der Waals surface area contributed by atoms with Gasteiger partial charge in [0.05, 0.1) is 26.4 Å². The fourth-order valence-corrected chi connectivity index (χ4v) is 15.0. The van der Waals surface area contributed by atoms with E-state index < -0.39 is 97.5 Å². The summed E-state index contributed by atoms with van der Waals surface area (Å²) in [5.74, 6) is -0.624. The number of esters is 4. The summed E-state index contributed by atoms with van der Waals surface area (Å²) in [6.45, 7) is 9.61. The molecule has 17 nitrogen and oxygen atoms in total. The second kappa shape index (κ2) is 77.4. The summed E-state index contributed by atoms with van der Waals surface area (Å²) in [5, 5.41) is 10.7. The van der Waals surface area contributed by atoms with Crippen LogP contribution in [0, 0.1) is 11.8 Å². The van der Waals surface area contributed by atoms with E-state index in [0.717, 1.165) is 108 Å². The smallest absolute Gasteiger partial charge is 0.462 e. The van der Waals surface area contributed by atoms with Crippen molar-refractivity contribution in [2.24, 2.45) is 11.8 Å². The molecule has 0 bridgehead atoms. The zero-order chi connectivity index (χ0) is 77.1. The van der Waals surface area contributed by atoms with Crippen LogP contribution in [0.2, 0.25) is 0 Å². The van der Waals surface area contributed by atoms with Gasteiger partial charge in [0.25, 0.3) is 0 Å². The van der Waals surface area contributed by atoms with Crippen LogP contribution in [0.1, 0.15) is 459 Å². The highest BCUT2D eigenvalue weighted by Crippen LogP contribution is 2.45. The largest absolute Gasteiger partial charge is 0.472 e. The quantitative estimate of drug-likeness (QED) is 0.0222. The molecule has 105 heavy (non-hydrogen) atoms. The summed E-state index contributed by atoms with van der Waals surface area (Å²) in [6.07, 6.45) is 69.7. The topological polar surface area (TPSA) is 237 Å². The fourth-order valence-electron chi connectivity index (χ4n) is 13.4. The van der Waals surface area contributed by atoms with Crippen molar-refractivity contribution in [1.82, 2.24) is 0 Å². The molecule has 0 radical (unpaired) electrons. The van der Waals surface area contributed by atoms with E-state index in [1.165, 1.54) is 270 Å². The molecule has 0 spiro atoms. The van der Waals surface area contributed by atoms with Gasteiger partial charge in [0, 0.05) is 25.7 Å². The van der Waals surface area contributed by atoms with E-state index in [0.29, 0.717) is 25.7 Å². The van der Waals surface area contributed by atoms with E-state index in [4.69, 9.17) is 37.0 Å². The van der Waals surface area contributed by atoms with E-state index in [-0.39, 0.29) is 25.7 Å². The number of aliphatic hydroxyl groups excluding tert-OH is 1. The van der Waals surface area contributed by atoms with Crippen LogP contribution in [0.25, 0.3) is 0 Å². The number of hydrogen-bond donors (Lipinski definition) is 3. The number of carbonyl (C=O) groups is 4. The third-order valence-electron chi connectivity index (χ3n) is 20.6. The number of rotatable bonds is 85. The van der Waals surface area contributed by atoms with Crippen LogP contribution in [0.15, 0.2) is 0 Å². The summed E-state index contributed by atoms with van der Waals surface area (Å²) in [6, 6.07) is 0. The molecule has 3 N–H and O–H groups in total. The van der Waals surface area contributed by atoms with Crippen LogP contribution in [-0.4, -0.2) is 96.7 Å². The van der Waals surface area contributed by atoms with Crippen molar-refractivity contribution in [3.05, 3.63) is 0 Å². The zero-order valence-electron chi connectivity index (χ0n) is 69.0. The van der Waals surface area contributed by atoms with Gasteiger partial charge < -0.3 is 33.8 Å². The van der Waals surface area contributed by atoms with Crippen molar-refractivity contribution >= 4 is 39.5 Å². The van der Waals surface area contributed by atoms with Crippen LogP contribution in [0.3, 0.4) is 0 Å². The third kappa shape index (κ3) is 78.5. The molecule has 0 amide bonds. The Morgan fingerprint density at radius 1 is 0.276 bits per heavy atom. The van der Waals surface area contributed by atoms with Crippen LogP contribution in [0.4, 0.5) is 0 Å². The summed E-state index contributed by atoms with van der Waals surface area (Å²) in [7, 11) is -9.93. The molecule has 0 saturated heterocycles. The van der Waals surface area contributed by atoms with Crippen molar-refractivity contribution in [1.29, 1.82) is 0 Å². The molecular weight excluding hydrogens is 1370 g/mol. The highest BCUT2D eigenvalue weighted by Gasteiger charge is 2.30. The van der Waals surface area contributed by atoms with Gasteiger partial charge in [-0.25, -0.2) is 9.13 Å². The Kier molecular flexibility index (Phi) is 76.0. The maximum absolute atomic E-state index is 13.1. The summed E-state index contributed by atoms with van der Waals surface area (Å²) in [4.78, 5) is 73.2. The van der Waals surface area contributed by atoms with Crippen LogP contribution >= 0.6 is 15.6 Å². The van der Waals surface area contributed by atoms with Crippen molar-refractivity contribution in [2.75, 3.05) is 39.6 Å². The highest BCUT2D eigenvalue weighted by atomic mass is 31.2. The Hall–Kier alpha value is -1.94. The Labute approximate surface area is 645 Å². The first-order valence-corrected chi connectivity index (χ1v) is 47.5. The minimum Gasteiger partial charge on any atom is -0.462 e. The van der Waals surface area contributed by atoms with Gasteiger partial charge in [-0.15, -0.1) is 0 Å². The molecule has 0 aliphatic rings.